The summed E-state index contributed by atoms with van der Waals surface area (Å²) in [6, 6.07) is 0. The molecule has 0 saturated carbocycles. The molecule has 0 N–H and O–H groups in total. The minimum Gasteiger partial charge on any atom is -0.340 e. The van der Waals surface area contributed by atoms with Crippen molar-refractivity contribution in [1.29, 1.82) is 0 Å². The van der Waals surface area contributed by atoms with E-state index in [4.69, 9.17) is 0 Å². The van der Waals surface area contributed by atoms with E-state index in [1.165, 1.54) is 39.0 Å². The predicted molar refractivity (Wildman–Crippen MR) is 73.5 cm³/mol. The van der Waals surface area contributed by atoms with Crippen LogP contribution < -0.4 is 0 Å². The molecule has 4 heteroatoms. The van der Waals surface area contributed by atoms with E-state index in [-0.39, 0.29) is 5.91 Å². The second-order valence-corrected chi connectivity index (χ2v) is 5.68. The van der Waals surface area contributed by atoms with Gasteiger partial charge in [-0.25, -0.2) is 0 Å². The Kier molecular flexibility index (Phi) is 5.01. The summed E-state index contributed by atoms with van der Waals surface area (Å²) in [4.78, 5) is 18.3. The van der Waals surface area contributed by atoms with Crippen LogP contribution in [0.25, 0.3) is 0 Å². The molecule has 0 atom stereocenters. The molecule has 0 radical (unpaired) electrons. The molecule has 0 aromatic carbocycles. The van der Waals surface area contributed by atoms with Gasteiger partial charge in [-0.05, 0) is 38.4 Å². The van der Waals surface area contributed by atoms with Gasteiger partial charge in [0.15, 0.2) is 0 Å². The normalized spacial score (nSPS) is 24.4. The Labute approximate surface area is 111 Å². The molecule has 0 aromatic rings. The van der Waals surface area contributed by atoms with Crippen LogP contribution in [0.15, 0.2) is 0 Å². The first-order chi connectivity index (χ1) is 8.69. The highest BCUT2D eigenvalue weighted by molar-refractivity contribution is 5.73. The number of likely N-dealkylation sites (tertiary alicyclic amines) is 1. The van der Waals surface area contributed by atoms with Crippen LogP contribution in [0.2, 0.25) is 0 Å². The Hall–Kier alpha value is -0.610. The van der Waals surface area contributed by atoms with Crippen LogP contribution in [0.5, 0.6) is 0 Å². The monoisotopic (exact) mass is 253 g/mol. The van der Waals surface area contributed by atoms with Crippen LogP contribution in [0, 0.1) is 5.92 Å². The largest absolute Gasteiger partial charge is 0.340 e. The maximum absolute atomic E-state index is 11.3. The Morgan fingerprint density at radius 2 is 1.61 bits per heavy atom. The van der Waals surface area contributed by atoms with Crippen LogP contribution in [0.3, 0.4) is 0 Å². The van der Waals surface area contributed by atoms with Crippen LogP contribution >= 0.6 is 0 Å². The summed E-state index contributed by atoms with van der Waals surface area (Å²) < 4.78 is 0. The summed E-state index contributed by atoms with van der Waals surface area (Å²) in [6.07, 6.45) is 2.70. The fraction of sp³-hybridized carbons (Fsp3) is 0.929. The fourth-order valence-corrected chi connectivity index (χ4v) is 3.10. The highest BCUT2D eigenvalue weighted by Gasteiger charge is 2.23. The third-order valence-electron chi connectivity index (χ3n) is 4.49. The molecule has 104 valence electrons. The van der Waals surface area contributed by atoms with Gasteiger partial charge in [0.1, 0.15) is 0 Å². The topological polar surface area (TPSA) is 26.8 Å². The number of rotatable bonds is 3. The highest BCUT2D eigenvalue weighted by Crippen LogP contribution is 2.18. The molecule has 2 rings (SSSR count). The van der Waals surface area contributed by atoms with Gasteiger partial charge in [0.05, 0.1) is 0 Å². The standard InChI is InChI=1S/C14H27N3O/c1-3-15-6-4-14(5-7-15)12-16-8-10-17(11-9-16)13(2)18/h14H,3-12H2,1-2H3. The lowest BCUT2D eigenvalue weighted by Gasteiger charge is -2.38. The minimum atomic E-state index is 0.228. The van der Waals surface area contributed by atoms with Crippen molar-refractivity contribution in [3.05, 3.63) is 0 Å². The molecule has 0 spiro atoms. The number of nitrogens with zero attached hydrogens (tertiary/aromatic N) is 3. The van der Waals surface area contributed by atoms with Crippen molar-refractivity contribution < 1.29 is 4.79 Å². The Bertz CT molecular complexity index is 266. The number of carbonyl (C=O) groups excluding carboxylic acids is 1. The highest BCUT2D eigenvalue weighted by atomic mass is 16.2. The number of hydrogen-bond acceptors (Lipinski definition) is 3. The van der Waals surface area contributed by atoms with Crippen LogP contribution in [-0.4, -0.2) is 73.0 Å². The van der Waals surface area contributed by atoms with Crippen LogP contribution in [0.1, 0.15) is 26.7 Å². The molecule has 0 aliphatic carbocycles. The summed E-state index contributed by atoms with van der Waals surface area (Å²) in [6.45, 7) is 12.9. The molecule has 1 amide bonds. The quantitative estimate of drug-likeness (QED) is 0.747. The smallest absolute Gasteiger partial charge is 0.219 e. The molecule has 18 heavy (non-hydrogen) atoms. The van der Waals surface area contributed by atoms with E-state index in [2.05, 4.69) is 16.7 Å². The Balaban J connectivity index is 1.67. The Morgan fingerprint density at radius 1 is 1.00 bits per heavy atom. The number of piperidine rings is 1. The zero-order valence-corrected chi connectivity index (χ0v) is 11.9. The molecule has 2 aliphatic rings. The second-order valence-electron chi connectivity index (χ2n) is 5.68. The first-order valence-corrected chi connectivity index (χ1v) is 7.39. The minimum absolute atomic E-state index is 0.228. The Morgan fingerprint density at radius 3 is 2.11 bits per heavy atom. The van der Waals surface area contributed by atoms with Crippen LogP contribution in [-0.2, 0) is 4.79 Å². The summed E-state index contributed by atoms with van der Waals surface area (Å²) in [5.74, 6) is 1.10. The van der Waals surface area contributed by atoms with E-state index >= 15 is 0 Å². The molecule has 2 saturated heterocycles. The summed E-state index contributed by atoms with van der Waals surface area (Å²) in [7, 11) is 0. The number of hydrogen-bond donors (Lipinski definition) is 0. The third kappa shape index (κ3) is 3.69. The van der Waals surface area contributed by atoms with Gasteiger partial charge in [-0.1, -0.05) is 6.92 Å². The van der Waals surface area contributed by atoms with Crippen molar-refractivity contribution in [3.8, 4) is 0 Å². The molecule has 0 bridgehead atoms. The van der Waals surface area contributed by atoms with Gasteiger partial charge in [0.25, 0.3) is 0 Å². The average Bonchev–Trinajstić information content (AvgIpc) is 2.40. The summed E-state index contributed by atoms with van der Waals surface area (Å²) in [5.41, 5.74) is 0. The SMILES string of the molecule is CCN1CCC(CN2CCN(C(C)=O)CC2)CC1. The maximum atomic E-state index is 11.3. The van der Waals surface area contributed by atoms with E-state index in [0.29, 0.717) is 0 Å². The molecule has 2 fully saturated rings. The number of piperazine rings is 1. The molecule has 0 aromatic heterocycles. The number of carbonyl (C=O) groups is 1. The average molecular weight is 253 g/mol. The summed E-state index contributed by atoms with van der Waals surface area (Å²) >= 11 is 0. The lowest BCUT2D eigenvalue weighted by molar-refractivity contribution is -0.130. The fourth-order valence-electron chi connectivity index (χ4n) is 3.10. The second kappa shape index (κ2) is 6.53. The lowest BCUT2D eigenvalue weighted by atomic mass is 9.96. The maximum Gasteiger partial charge on any atom is 0.219 e. The molecular weight excluding hydrogens is 226 g/mol. The molecular formula is C14H27N3O. The first-order valence-electron chi connectivity index (χ1n) is 7.39. The zero-order chi connectivity index (χ0) is 13.0. The van der Waals surface area contributed by atoms with Crippen molar-refractivity contribution in [3.63, 3.8) is 0 Å². The van der Waals surface area contributed by atoms with E-state index < -0.39 is 0 Å². The first kappa shape index (κ1) is 13.8. The van der Waals surface area contributed by atoms with Crippen molar-refractivity contribution in [2.45, 2.75) is 26.7 Å². The molecule has 2 heterocycles. The molecule has 0 unspecified atom stereocenters. The van der Waals surface area contributed by atoms with Gasteiger partial charge in [-0.2, -0.15) is 0 Å². The van der Waals surface area contributed by atoms with E-state index in [1.807, 2.05) is 4.90 Å². The van der Waals surface area contributed by atoms with Gasteiger partial charge < -0.3 is 9.80 Å². The van der Waals surface area contributed by atoms with E-state index in [9.17, 15) is 4.79 Å². The van der Waals surface area contributed by atoms with Crippen LogP contribution in [0.4, 0.5) is 0 Å². The third-order valence-corrected chi connectivity index (χ3v) is 4.49. The van der Waals surface area contributed by atoms with E-state index in [0.717, 1.165) is 32.1 Å². The number of amides is 1. The van der Waals surface area contributed by atoms with Gasteiger partial charge in [0.2, 0.25) is 5.91 Å². The van der Waals surface area contributed by atoms with Gasteiger partial charge in [0, 0.05) is 39.6 Å². The van der Waals surface area contributed by atoms with Crippen molar-refractivity contribution in [2.75, 3.05) is 52.4 Å². The van der Waals surface area contributed by atoms with Gasteiger partial charge in [-0.3, -0.25) is 9.69 Å². The van der Waals surface area contributed by atoms with Gasteiger partial charge >= 0.3 is 0 Å². The molecule has 2 aliphatic heterocycles. The van der Waals surface area contributed by atoms with Gasteiger partial charge in [-0.15, -0.1) is 0 Å². The summed E-state index contributed by atoms with van der Waals surface area (Å²) in [5, 5.41) is 0. The van der Waals surface area contributed by atoms with Crippen molar-refractivity contribution in [2.24, 2.45) is 5.92 Å². The predicted octanol–water partition coefficient (Wildman–Crippen LogP) is 0.882. The van der Waals surface area contributed by atoms with Crippen molar-refractivity contribution >= 4 is 5.91 Å². The van der Waals surface area contributed by atoms with Crippen molar-refractivity contribution in [1.82, 2.24) is 14.7 Å². The zero-order valence-electron chi connectivity index (χ0n) is 11.9. The van der Waals surface area contributed by atoms with E-state index in [1.54, 1.807) is 6.92 Å². The lowest BCUT2D eigenvalue weighted by Crippen LogP contribution is -2.50. The molecule has 4 nitrogen and oxygen atoms in total.